The van der Waals surface area contributed by atoms with E-state index in [2.05, 4.69) is 5.10 Å². The van der Waals surface area contributed by atoms with Crippen LogP contribution in [0.1, 0.15) is 18.5 Å². The molecule has 0 aliphatic heterocycles. The molecule has 0 saturated heterocycles. The van der Waals surface area contributed by atoms with Crippen molar-refractivity contribution in [2.75, 3.05) is 0 Å². The predicted molar refractivity (Wildman–Crippen MR) is 70.1 cm³/mol. The second-order valence-electron chi connectivity index (χ2n) is 4.05. The summed E-state index contributed by atoms with van der Waals surface area (Å²) in [6, 6.07) is 3.81. The van der Waals surface area contributed by atoms with Crippen LogP contribution in [0.4, 0.5) is 13.2 Å². The Morgan fingerprint density at radius 3 is 2.33 bits per heavy atom. The van der Waals surface area contributed by atoms with Gasteiger partial charge in [-0.05, 0) is 40.3 Å². The van der Waals surface area contributed by atoms with Gasteiger partial charge in [-0.3, -0.25) is 4.68 Å². The van der Waals surface area contributed by atoms with Gasteiger partial charge in [0.2, 0.25) is 0 Å². The highest BCUT2D eigenvalue weighted by Gasteiger charge is 2.37. The zero-order valence-electron chi connectivity index (χ0n) is 9.45. The van der Waals surface area contributed by atoms with Crippen LogP contribution in [0.2, 0.25) is 0 Å². The van der Waals surface area contributed by atoms with Crippen molar-refractivity contribution in [2.45, 2.75) is 18.9 Å². The Kier molecular flexibility index (Phi) is 3.65. The molecule has 96 valence electrons. The van der Waals surface area contributed by atoms with E-state index in [1.807, 2.05) is 22.6 Å². The Morgan fingerprint density at radius 1 is 1.28 bits per heavy atom. The minimum atomic E-state index is -2.99. The van der Waals surface area contributed by atoms with Gasteiger partial charge in [0.15, 0.2) is 0 Å². The molecule has 0 spiro atoms. The molecule has 1 atom stereocenters. The van der Waals surface area contributed by atoms with Crippen molar-refractivity contribution in [1.82, 2.24) is 9.78 Å². The van der Waals surface area contributed by atoms with Gasteiger partial charge in [-0.1, -0.05) is 12.1 Å². The number of hydrogen-bond acceptors (Lipinski definition) is 1. The fourth-order valence-electron chi connectivity index (χ4n) is 1.78. The highest BCUT2D eigenvalue weighted by molar-refractivity contribution is 14.1. The minimum Gasteiger partial charge on any atom is -0.258 e. The number of rotatable bonds is 3. The fraction of sp³-hybridized carbons (Fsp3) is 0.250. The maximum absolute atomic E-state index is 13.7. The van der Waals surface area contributed by atoms with Gasteiger partial charge in [0.05, 0.1) is 9.77 Å². The number of hydrogen-bond donors (Lipinski definition) is 0. The first-order valence-corrected chi connectivity index (χ1v) is 6.29. The summed E-state index contributed by atoms with van der Waals surface area (Å²) < 4.78 is 42.2. The summed E-state index contributed by atoms with van der Waals surface area (Å²) in [6.07, 6.45) is 3.04. The summed E-state index contributed by atoms with van der Waals surface area (Å²) in [5.41, 5.74) is 0.323. The molecule has 1 aromatic heterocycles. The van der Waals surface area contributed by atoms with Gasteiger partial charge in [0.25, 0.3) is 5.92 Å². The number of aromatic nitrogens is 2. The molecule has 0 aliphatic carbocycles. The summed E-state index contributed by atoms with van der Waals surface area (Å²) in [5, 5.41) is 3.92. The van der Waals surface area contributed by atoms with Gasteiger partial charge < -0.3 is 0 Å². The SMILES string of the molecule is CC(F)(F)C(c1ccc(F)cc1)n1cc(I)cn1. The first-order chi connectivity index (χ1) is 8.38. The fourth-order valence-corrected chi connectivity index (χ4v) is 2.19. The lowest BCUT2D eigenvalue weighted by Crippen LogP contribution is -2.29. The standard InChI is InChI=1S/C12H10F3IN2/c1-12(14,15)11(18-7-10(16)6-17-18)8-2-4-9(13)5-3-8/h2-7,11H,1H3. The third-order valence-corrected chi connectivity index (χ3v) is 3.06. The predicted octanol–water partition coefficient (Wildman–Crippen LogP) is 3.87. The molecule has 18 heavy (non-hydrogen) atoms. The van der Waals surface area contributed by atoms with Gasteiger partial charge in [-0.25, -0.2) is 13.2 Å². The molecule has 0 aliphatic rings. The second kappa shape index (κ2) is 4.91. The number of nitrogens with zero attached hydrogens (tertiary/aromatic N) is 2. The van der Waals surface area contributed by atoms with Crippen molar-refractivity contribution in [3.8, 4) is 0 Å². The average Bonchev–Trinajstić information content (AvgIpc) is 2.66. The van der Waals surface area contributed by atoms with E-state index in [0.717, 1.165) is 10.5 Å². The zero-order valence-corrected chi connectivity index (χ0v) is 11.6. The molecule has 1 aromatic carbocycles. The molecular weight excluding hydrogens is 356 g/mol. The molecular formula is C12H10F3IN2. The van der Waals surface area contributed by atoms with Crippen molar-refractivity contribution in [3.05, 3.63) is 51.6 Å². The summed E-state index contributed by atoms with van der Waals surface area (Å²) >= 11 is 2.00. The second-order valence-corrected chi connectivity index (χ2v) is 5.29. The van der Waals surface area contributed by atoms with Crippen molar-refractivity contribution in [3.63, 3.8) is 0 Å². The lowest BCUT2D eigenvalue weighted by Gasteiger charge is -2.24. The third kappa shape index (κ3) is 2.85. The van der Waals surface area contributed by atoms with Crippen molar-refractivity contribution < 1.29 is 13.2 Å². The van der Waals surface area contributed by atoms with Crippen molar-refractivity contribution in [2.24, 2.45) is 0 Å². The molecule has 0 N–H and O–H groups in total. The van der Waals surface area contributed by atoms with Crippen LogP contribution in [0, 0.1) is 9.39 Å². The summed E-state index contributed by atoms with van der Waals surface area (Å²) in [4.78, 5) is 0. The molecule has 2 rings (SSSR count). The Bertz CT molecular complexity index is 531. The zero-order chi connectivity index (χ0) is 13.3. The molecule has 0 saturated carbocycles. The molecule has 6 heteroatoms. The van der Waals surface area contributed by atoms with Crippen LogP contribution in [-0.2, 0) is 0 Å². The number of alkyl halides is 2. The van der Waals surface area contributed by atoms with E-state index in [1.165, 1.54) is 41.3 Å². The van der Waals surface area contributed by atoms with Crippen LogP contribution < -0.4 is 0 Å². The molecule has 1 unspecified atom stereocenters. The van der Waals surface area contributed by atoms with E-state index in [1.54, 1.807) is 0 Å². The van der Waals surface area contributed by atoms with E-state index < -0.39 is 17.8 Å². The van der Waals surface area contributed by atoms with Crippen LogP contribution >= 0.6 is 22.6 Å². The Labute approximate surface area is 116 Å². The van der Waals surface area contributed by atoms with Crippen LogP contribution in [-0.4, -0.2) is 15.7 Å². The van der Waals surface area contributed by atoms with Crippen molar-refractivity contribution >= 4 is 22.6 Å². The summed E-state index contributed by atoms with van der Waals surface area (Å²) in [6.45, 7) is 0.829. The molecule has 0 amide bonds. The maximum Gasteiger partial charge on any atom is 0.271 e. The average molecular weight is 366 g/mol. The van der Waals surface area contributed by atoms with Gasteiger partial charge >= 0.3 is 0 Å². The topological polar surface area (TPSA) is 17.8 Å². The molecule has 2 nitrogen and oxygen atoms in total. The smallest absolute Gasteiger partial charge is 0.258 e. The maximum atomic E-state index is 13.7. The van der Waals surface area contributed by atoms with E-state index in [0.29, 0.717) is 5.56 Å². The van der Waals surface area contributed by atoms with Gasteiger partial charge in [0.1, 0.15) is 11.9 Å². The van der Waals surface area contributed by atoms with E-state index in [-0.39, 0.29) is 0 Å². The lowest BCUT2D eigenvalue weighted by molar-refractivity contribution is -0.0217. The third-order valence-electron chi connectivity index (χ3n) is 2.50. The Morgan fingerprint density at radius 2 is 1.89 bits per heavy atom. The highest BCUT2D eigenvalue weighted by atomic mass is 127. The van der Waals surface area contributed by atoms with E-state index >= 15 is 0 Å². The van der Waals surface area contributed by atoms with Crippen LogP contribution in [0.3, 0.4) is 0 Å². The molecule has 0 bridgehead atoms. The largest absolute Gasteiger partial charge is 0.271 e. The normalized spacial score (nSPS) is 13.6. The first-order valence-electron chi connectivity index (χ1n) is 5.21. The van der Waals surface area contributed by atoms with Crippen molar-refractivity contribution in [1.29, 1.82) is 0 Å². The van der Waals surface area contributed by atoms with Gasteiger partial charge in [-0.2, -0.15) is 5.10 Å². The number of benzene rings is 1. The van der Waals surface area contributed by atoms with Crippen LogP contribution in [0.15, 0.2) is 36.7 Å². The molecule has 0 fully saturated rings. The monoisotopic (exact) mass is 366 g/mol. The first kappa shape index (κ1) is 13.4. The number of halogens is 4. The summed E-state index contributed by atoms with van der Waals surface area (Å²) in [7, 11) is 0. The Balaban J connectivity index is 2.47. The van der Waals surface area contributed by atoms with Crippen LogP contribution in [0.5, 0.6) is 0 Å². The summed E-state index contributed by atoms with van der Waals surface area (Å²) in [5.74, 6) is -3.45. The Hall–Kier alpha value is -1.05. The molecule has 0 radical (unpaired) electrons. The molecule has 1 heterocycles. The van der Waals surface area contributed by atoms with Gasteiger partial charge in [0, 0.05) is 13.1 Å². The van der Waals surface area contributed by atoms with Gasteiger partial charge in [-0.15, -0.1) is 0 Å². The quantitative estimate of drug-likeness (QED) is 0.755. The highest BCUT2D eigenvalue weighted by Crippen LogP contribution is 2.34. The lowest BCUT2D eigenvalue weighted by atomic mass is 10.0. The molecule has 2 aromatic rings. The van der Waals surface area contributed by atoms with Crippen LogP contribution in [0.25, 0.3) is 0 Å². The van der Waals surface area contributed by atoms with E-state index in [9.17, 15) is 13.2 Å². The minimum absolute atomic E-state index is 0.323. The van der Waals surface area contributed by atoms with E-state index in [4.69, 9.17) is 0 Å².